The van der Waals surface area contributed by atoms with Crippen molar-refractivity contribution in [3.05, 3.63) is 65.2 Å². The molecule has 2 aromatic rings. The first kappa shape index (κ1) is 26.0. The fourth-order valence-corrected chi connectivity index (χ4v) is 2.70. The monoisotopic (exact) mass is 537 g/mol. The van der Waals surface area contributed by atoms with E-state index >= 15 is 0 Å². The van der Waals surface area contributed by atoms with E-state index in [0.717, 1.165) is 12.1 Å². The van der Waals surface area contributed by atoms with E-state index in [1.54, 1.807) is 44.4 Å². The second kappa shape index (κ2) is 12.0. The smallest absolute Gasteiger partial charge is 0.416 e. The number of aliphatic hydroxyl groups excluding tert-OH is 1. The van der Waals surface area contributed by atoms with Crippen LogP contribution in [0.2, 0.25) is 0 Å². The quantitative estimate of drug-likeness (QED) is 0.273. The second-order valence-corrected chi connectivity index (χ2v) is 6.50. The van der Waals surface area contributed by atoms with Gasteiger partial charge in [0, 0.05) is 6.54 Å². The number of guanidine groups is 1. The number of hydrogen-bond donors (Lipinski definition) is 3. The number of hydrogen-bond acceptors (Lipinski definition) is 3. The Balaban J connectivity index is 0.00000450. The van der Waals surface area contributed by atoms with Crippen LogP contribution >= 0.6 is 24.0 Å². The van der Waals surface area contributed by atoms with Crippen LogP contribution in [0.5, 0.6) is 5.75 Å². The summed E-state index contributed by atoms with van der Waals surface area (Å²) in [5, 5.41) is 16.5. The number of benzene rings is 2. The first-order valence-corrected chi connectivity index (χ1v) is 9.28. The molecule has 0 fully saturated rings. The molecule has 9 heteroatoms. The molecule has 0 aliphatic carbocycles. The lowest BCUT2D eigenvalue weighted by Crippen LogP contribution is -2.39. The van der Waals surface area contributed by atoms with Crippen LogP contribution in [0.15, 0.2) is 53.5 Å². The van der Waals surface area contributed by atoms with E-state index in [4.69, 9.17) is 4.74 Å². The van der Waals surface area contributed by atoms with Crippen LogP contribution in [0.4, 0.5) is 13.2 Å². The van der Waals surface area contributed by atoms with Gasteiger partial charge in [-0.15, -0.1) is 24.0 Å². The number of aliphatic imine (C=N–C) groups is 1. The molecule has 2 unspecified atom stereocenters. The fraction of sp³-hybridized carbons (Fsp3) is 0.381. The van der Waals surface area contributed by atoms with Crippen molar-refractivity contribution in [3.63, 3.8) is 0 Å². The molecular formula is C21H27F3IN3O2. The van der Waals surface area contributed by atoms with Crippen molar-refractivity contribution < 1.29 is 23.0 Å². The lowest BCUT2D eigenvalue weighted by atomic mass is 10.1. The second-order valence-electron chi connectivity index (χ2n) is 6.50. The molecule has 0 heterocycles. The van der Waals surface area contributed by atoms with Crippen molar-refractivity contribution >= 4 is 29.9 Å². The molecule has 0 aliphatic rings. The van der Waals surface area contributed by atoms with Crippen LogP contribution in [-0.4, -0.2) is 31.3 Å². The third-order valence-corrected chi connectivity index (χ3v) is 4.33. The van der Waals surface area contributed by atoms with E-state index < -0.39 is 23.9 Å². The third kappa shape index (κ3) is 7.67. The summed E-state index contributed by atoms with van der Waals surface area (Å²) in [4.78, 5) is 4.36. The Morgan fingerprint density at radius 1 is 1.13 bits per heavy atom. The van der Waals surface area contributed by atoms with Gasteiger partial charge in [-0.25, -0.2) is 0 Å². The zero-order chi connectivity index (χ0) is 21.4. The lowest BCUT2D eigenvalue weighted by Gasteiger charge is -2.20. The van der Waals surface area contributed by atoms with Gasteiger partial charge in [0.15, 0.2) is 5.96 Å². The molecule has 2 aromatic carbocycles. The van der Waals surface area contributed by atoms with E-state index in [-0.39, 0.29) is 30.5 Å². The van der Waals surface area contributed by atoms with Gasteiger partial charge in [-0.05, 0) is 49.2 Å². The Labute approximate surface area is 191 Å². The minimum Gasteiger partial charge on any atom is -0.497 e. The molecule has 0 radical (unpaired) electrons. The zero-order valence-electron chi connectivity index (χ0n) is 17.0. The standard InChI is InChI=1S/C21H26F3N3O2.HI/c1-4-25-20(26-13-19(28)15-8-10-18(29-3)11-9-15)27-14(2)16-6-5-7-17(12-16)21(22,23)24;/h5-12,14,19,28H,4,13H2,1-3H3,(H2,25,26,27);1H. The van der Waals surface area contributed by atoms with E-state index in [1.807, 2.05) is 6.92 Å². The minimum atomic E-state index is -4.39. The number of nitrogens with zero attached hydrogens (tertiary/aromatic N) is 1. The van der Waals surface area contributed by atoms with E-state index in [9.17, 15) is 18.3 Å². The van der Waals surface area contributed by atoms with Crippen LogP contribution < -0.4 is 15.4 Å². The fourth-order valence-electron chi connectivity index (χ4n) is 2.70. The molecule has 2 atom stereocenters. The largest absolute Gasteiger partial charge is 0.497 e. The summed E-state index contributed by atoms with van der Waals surface area (Å²) >= 11 is 0. The molecule has 0 spiro atoms. The van der Waals surface area contributed by atoms with Crippen LogP contribution in [0, 0.1) is 0 Å². The highest BCUT2D eigenvalue weighted by Crippen LogP contribution is 2.30. The van der Waals surface area contributed by atoms with Gasteiger partial charge in [-0.3, -0.25) is 4.99 Å². The molecule has 0 amide bonds. The number of nitrogens with one attached hydrogen (secondary N) is 2. The summed E-state index contributed by atoms with van der Waals surface area (Å²) < 4.78 is 43.9. The highest BCUT2D eigenvalue weighted by atomic mass is 127. The molecule has 5 nitrogen and oxygen atoms in total. The molecule has 0 saturated heterocycles. The van der Waals surface area contributed by atoms with Gasteiger partial charge < -0.3 is 20.5 Å². The van der Waals surface area contributed by atoms with E-state index in [0.29, 0.717) is 29.4 Å². The number of aliphatic hydroxyl groups is 1. The van der Waals surface area contributed by atoms with Crippen LogP contribution in [0.3, 0.4) is 0 Å². The molecule has 166 valence electrons. The summed E-state index contributed by atoms with van der Waals surface area (Å²) in [6, 6.07) is 11.8. The molecule has 2 rings (SSSR count). The zero-order valence-corrected chi connectivity index (χ0v) is 19.4. The first-order valence-electron chi connectivity index (χ1n) is 9.28. The number of methoxy groups -OCH3 is 1. The maximum atomic E-state index is 12.9. The maximum absolute atomic E-state index is 12.9. The normalized spacial score (nSPS) is 13.8. The van der Waals surface area contributed by atoms with Crippen molar-refractivity contribution in [3.8, 4) is 5.75 Å². The van der Waals surface area contributed by atoms with Crippen molar-refractivity contribution in [2.24, 2.45) is 4.99 Å². The van der Waals surface area contributed by atoms with Gasteiger partial charge in [0.1, 0.15) is 5.75 Å². The molecule has 30 heavy (non-hydrogen) atoms. The van der Waals surface area contributed by atoms with Gasteiger partial charge >= 0.3 is 6.18 Å². The highest BCUT2D eigenvalue weighted by molar-refractivity contribution is 14.0. The van der Waals surface area contributed by atoms with Gasteiger partial charge in [-0.1, -0.05) is 24.3 Å². The molecule has 3 N–H and O–H groups in total. The van der Waals surface area contributed by atoms with Gasteiger partial charge in [0.25, 0.3) is 0 Å². The van der Waals surface area contributed by atoms with E-state index in [2.05, 4.69) is 15.6 Å². The predicted octanol–water partition coefficient (Wildman–Crippen LogP) is 4.68. The van der Waals surface area contributed by atoms with E-state index in [1.165, 1.54) is 6.07 Å². The lowest BCUT2D eigenvalue weighted by molar-refractivity contribution is -0.137. The molecule has 0 aliphatic heterocycles. The minimum absolute atomic E-state index is 0. The first-order chi connectivity index (χ1) is 13.7. The Hall–Kier alpha value is -2.01. The number of halogens is 4. The Morgan fingerprint density at radius 2 is 1.80 bits per heavy atom. The molecular weight excluding hydrogens is 510 g/mol. The number of rotatable bonds is 7. The Bertz CT molecular complexity index is 814. The van der Waals surface area contributed by atoms with Crippen LogP contribution in [0.25, 0.3) is 0 Å². The predicted molar refractivity (Wildman–Crippen MR) is 122 cm³/mol. The van der Waals surface area contributed by atoms with Crippen molar-refractivity contribution in [1.82, 2.24) is 10.6 Å². The number of alkyl halides is 3. The van der Waals surface area contributed by atoms with Crippen LogP contribution in [0.1, 0.15) is 42.7 Å². The van der Waals surface area contributed by atoms with Gasteiger partial charge in [0.05, 0.1) is 31.4 Å². The Kier molecular flexibility index (Phi) is 10.4. The average molecular weight is 537 g/mol. The summed E-state index contributed by atoms with van der Waals surface area (Å²) in [5.41, 5.74) is 0.484. The SMILES string of the molecule is CCNC(=NCC(O)c1ccc(OC)cc1)NC(C)c1cccc(C(F)(F)F)c1.I. The van der Waals surface area contributed by atoms with Crippen molar-refractivity contribution in [1.29, 1.82) is 0 Å². The Morgan fingerprint density at radius 3 is 2.37 bits per heavy atom. The summed E-state index contributed by atoms with van der Waals surface area (Å²) in [5.74, 6) is 1.10. The maximum Gasteiger partial charge on any atom is 0.416 e. The molecule has 0 bridgehead atoms. The van der Waals surface area contributed by atoms with Crippen molar-refractivity contribution in [2.45, 2.75) is 32.2 Å². The third-order valence-electron chi connectivity index (χ3n) is 4.33. The molecule has 0 saturated carbocycles. The number of ether oxygens (including phenoxy) is 1. The van der Waals surface area contributed by atoms with Gasteiger partial charge in [0.2, 0.25) is 0 Å². The van der Waals surface area contributed by atoms with Crippen molar-refractivity contribution in [2.75, 3.05) is 20.2 Å². The van der Waals surface area contributed by atoms with Crippen LogP contribution in [-0.2, 0) is 6.18 Å². The average Bonchev–Trinajstić information content (AvgIpc) is 2.71. The molecule has 0 aromatic heterocycles. The topological polar surface area (TPSA) is 65.9 Å². The summed E-state index contributed by atoms with van der Waals surface area (Å²) in [6.45, 7) is 4.30. The van der Waals surface area contributed by atoms with Gasteiger partial charge in [-0.2, -0.15) is 13.2 Å². The summed E-state index contributed by atoms with van der Waals surface area (Å²) in [6.07, 6.45) is -5.21. The summed E-state index contributed by atoms with van der Waals surface area (Å²) in [7, 11) is 1.57. The highest BCUT2D eigenvalue weighted by Gasteiger charge is 2.30.